The van der Waals surface area contributed by atoms with E-state index >= 15 is 0 Å². The van der Waals surface area contributed by atoms with Gasteiger partial charge in [-0.1, -0.05) is 25.4 Å². The smallest absolute Gasteiger partial charge is 0.242 e. The van der Waals surface area contributed by atoms with Crippen LogP contribution in [0.4, 0.5) is 5.69 Å². The third-order valence-electron chi connectivity index (χ3n) is 2.86. The van der Waals surface area contributed by atoms with Crippen LogP contribution < -0.4 is 10.5 Å². The van der Waals surface area contributed by atoms with Gasteiger partial charge in [-0.2, -0.15) is 0 Å². The first-order valence-electron chi connectivity index (χ1n) is 5.88. The van der Waals surface area contributed by atoms with Crippen LogP contribution in [0.2, 0.25) is 5.02 Å². The Balaban J connectivity index is 2.98. The van der Waals surface area contributed by atoms with Crippen molar-refractivity contribution in [2.24, 2.45) is 5.92 Å². The fraction of sp³-hybridized carbons (Fsp3) is 0.500. The summed E-state index contributed by atoms with van der Waals surface area (Å²) in [5.74, 6) is -0.0405. The average molecular weight is 307 g/mol. The van der Waals surface area contributed by atoms with Gasteiger partial charge in [0, 0.05) is 12.2 Å². The maximum absolute atomic E-state index is 12.1. The van der Waals surface area contributed by atoms with Crippen molar-refractivity contribution >= 4 is 27.3 Å². The molecule has 0 saturated heterocycles. The summed E-state index contributed by atoms with van der Waals surface area (Å²) in [5, 5.41) is 9.73. The van der Waals surface area contributed by atoms with Gasteiger partial charge in [-0.25, -0.2) is 13.1 Å². The van der Waals surface area contributed by atoms with Gasteiger partial charge < -0.3 is 10.8 Å². The number of aryl methyl sites for hydroxylation is 1. The SMILES string of the molecule is Cc1cc(Cl)c(S(=O)(=O)NCC(O)C(C)C)cc1N. The molecule has 0 aromatic heterocycles. The summed E-state index contributed by atoms with van der Waals surface area (Å²) in [6, 6.07) is 2.83. The highest BCUT2D eigenvalue weighted by Gasteiger charge is 2.21. The summed E-state index contributed by atoms with van der Waals surface area (Å²) in [6.07, 6.45) is -0.753. The molecule has 5 nitrogen and oxygen atoms in total. The molecule has 19 heavy (non-hydrogen) atoms. The summed E-state index contributed by atoms with van der Waals surface area (Å²) in [5.41, 5.74) is 6.76. The van der Waals surface area contributed by atoms with Crippen LogP contribution in [0.1, 0.15) is 19.4 Å². The van der Waals surface area contributed by atoms with Crippen LogP contribution in [0.15, 0.2) is 17.0 Å². The molecule has 7 heteroatoms. The van der Waals surface area contributed by atoms with E-state index in [2.05, 4.69) is 4.72 Å². The monoisotopic (exact) mass is 306 g/mol. The number of aliphatic hydroxyl groups is 1. The van der Waals surface area contributed by atoms with Gasteiger partial charge in [0.2, 0.25) is 10.0 Å². The van der Waals surface area contributed by atoms with Gasteiger partial charge >= 0.3 is 0 Å². The van der Waals surface area contributed by atoms with E-state index < -0.39 is 16.1 Å². The fourth-order valence-electron chi connectivity index (χ4n) is 1.38. The van der Waals surface area contributed by atoms with Gasteiger partial charge in [-0.05, 0) is 30.5 Å². The van der Waals surface area contributed by atoms with E-state index in [9.17, 15) is 13.5 Å². The number of sulfonamides is 1. The Morgan fingerprint density at radius 1 is 1.42 bits per heavy atom. The summed E-state index contributed by atoms with van der Waals surface area (Å²) in [7, 11) is -3.78. The topological polar surface area (TPSA) is 92.4 Å². The van der Waals surface area contributed by atoms with Crippen LogP contribution in [-0.2, 0) is 10.0 Å². The normalized spacial score (nSPS) is 13.8. The minimum absolute atomic E-state index is 0.0405. The number of benzene rings is 1. The maximum Gasteiger partial charge on any atom is 0.242 e. The lowest BCUT2D eigenvalue weighted by Crippen LogP contribution is -2.34. The molecule has 0 radical (unpaired) electrons. The van der Waals surface area contributed by atoms with Crippen LogP contribution in [0.25, 0.3) is 0 Å². The third kappa shape index (κ3) is 4.07. The third-order valence-corrected chi connectivity index (χ3v) is 4.75. The quantitative estimate of drug-likeness (QED) is 0.719. The van der Waals surface area contributed by atoms with Gasteiger partial charge in [0.25, 0.3) is 0 Å². The zero-order chi connectivity index (χ0) is 14.8. The molecule has 0 aliphatic heterocycles. The largest absolute Gasteiger partial charge is 0.398 e. The van der Waals surface area contributed by atoms with E-state index in [1.165, 1.54) is 12.1 Å². The molecule has 0 amide bonds. The first-order chi connectivity index (χ1) is 8.65. The molecular formula is C12H19ClN2O3S. The van der Waals surface area contributed by atoms with Crippen molar-refractivity contribution < 1.29 is 13.5 Å². The Morgan fingerprint density at radius 3 is 2.53 bits per heavy atom. The van der Waals surface area contributed by atoms with E-state index in [0.717, 1.165) is 0 Å². The molecule has 0 saturated carbocycles. The van der Waals surface area contributed by atoms with Crippen LogP contribution in [-0.4, -0.2) is 26.2 Å². The molecule has 1 rings (SSSR count). The molecule has 1 aromatic carbocycles. The number of hydrogen-bond acceptors (Lipinski definition) is 4. The van der Waals surface area contributed by atoms with E-state index in [0.29, 0.717) is 11.3 Å². The second-order valence-corrected chi connectivity index (χ2v) is 6.95. The Kier molecular flexibility index (Phi) is 5.20. The lowest BCUT2D eigenvalue weighted by molar-refractivity contribution is 0.129. The number of nitrogens with one attached hydrogen (secondary N) is 1. The molecule has 0 heterocycles. The van der Waals surface area contributed by atoms with Crippen molar-refractivity contribution in [1.29, 1.82) is 0 Å². The second kappa shape index (κ2) is 6.09. The molecule has 4 N–H and O–H groups in total. The Bertz CT molecular complexity index is 558. The number of anilines is 1. The lowest BCUT2D eigenvalue weighted by Gasteiger charge is -2.16. The van der Waals surface area contributed by atoms with Gasteiger partial charge in [-0.15, -0.1) is 0 Å². The van der Waals surface area contributed by atoms with Crippen LogP contribution in [0, 0.1) is 12.8 Å². The lowest BCUT2D eigenvalue weighted by atomic mass is 10.1. The Labute approximate surface area is 118 Å². The first-order valence-corrected chi connectivity index (χ1v) is 7.74. The number of nitrogen functional groups attached to an aromatic ring is 1. The molecule has 0 aliphatic carbocycles. The zero-order valence-corrected chi connectivity index (χ0v) is 12.7. The molecule has 1 atom stereocenters. The first kappa shape index (κ1) is 16.2. The van der Waals surface area contributed by atoms with Crippen molar-refractivity contribution in [3.63, 3.8) is 0 Å². The van der Waals surface area contributed by atoms with Gasteiger partial charge in [0.1, 0.15) is 4.90 Å². The van der Waals surface area contributed by atoms with E-state index in [-0.39, 0.29) is 22.4 Å². The summed E-state index contributed by atoms with van der Waals surface area (Å²) < 4.78 is 26.5. The van der Waals surface area contributed by atoms with Crippen molar-refractivity contribution in [1.82, 2.24) is 4.72 Å². The van der Waals surface area contributed by atoms with Gasteiger partial charge in [-0.3, -0.25) is 0 Å². The molecule has 1 unspecified atom stereocenters. The highest BCUT2D eigenvalue weighted by Crippen LogP contribution is 2.26. The number of halogens is 1. The Hall–Kier alpha value is -0.820. The summed E-state index contributed by atoms with van der Waals surface area (Å²) in [6.45, 7) is 5.28. The van der Waals surface area contributed by atoms with Gasteiger partial charge in [0.15, 0.2) is 0 Å². The predicted molar refractivity (Wildman–Crippen MR) is 76.6 cm³/mol. The molecule has 1 aromatic rings. The molecule has 0 aliphatic rings. The number of rotatable bonds is 5. The molecule has 0 fully saturated rings. The van der Waals surface area contributed by atoms with Crippen LogP contribution in [0.5, 0.6) is 0 Å². The molecular weight excluding hydrogens is 288 g/mol. The van der Waals surface area contributed by atoms with E-state index in [1.807, 2.05) is 0 Å². The van der Waals surface area contributed by atoms with E-state index in [1.54, 1.807) is 20.8 Å². The second-order valence-electron chi connectivity index (χ2n) is 4.80. The average Bonchev–Trinajstić information content (AvgIpc) is 2.30. The fourth-order valence-corrected chi connectivity index (χ4v) is 3.05. The number of nitrogens with two attached hydrogens (primary N) is 1. The minimum atomic E-state index is -3.78. The standard InChI is InChI=1S/C12H19ClN2O3S/c1-7(2)11(16)6-15-19(17,18)12-5-10(14)8(3)4-9(12)13/h4-5,7,11,15-16H,6,14H2,1-3H3. The maximum atomic E-state index is 12.1. The van der Waals surface area contributed by atoms with Crippen molar-refractivity contribution in [3.8, 4) is 0 Å². The van der Waals surface area contributed by atoms with Crippen LogP contribution >= 0.6 is 11.6 Å². The highest BCUT2D eigenvalue weighted by atomic mass is 35.5. The Morgan fingerprint density at radius 2 is 2.00 bits per heavy atom. The zero-order valence-electron chi connectivity index (χ0n) is 11.1. The van der Waals surface area contributed by atoms with Crippen molar-refractivity contribution in [3.05, 3.63) is 22.7 Å². The molecule has 0 spiro atoms. The minimum Gasteiger partial charge on any atom is -0.398 e. The van der Waals surface area contributed by atoms with Gasteiger partial charge in [0.05, 0.1) is 11.1 Å². The number of hydrogen-bond donors (Lipinski definition) is 3. The molecule has 0 bridgehead atoms. The summed E-state index contributed by atoms with van der Waals surface area (Å²) >= 11 is 5.93. The van der Waals surface area contributed by atoms with E-state index in [4.69, 9.17) is 17.3 Å². The summed E-state index contributed by atoms with van der Waals surface area (Å²) in [4.78, 5) is -0.0757. The number of aliphatic hydroxyl groups excluding tert-OH is 1. The van der Waals surface area contributed by atoms with Crippen molar-refractivity contribution in [2.75, 3.05) is 12.3 Å². The molecule has 108 valence electrons. The highest BCUT2D eigenvalue weighted by molar-refractivity contribution is 7.89. The predicted octanol–water partition coefficient (Wildman–Crippen LogP) is 1.53. The van der Waals surface area contributed by atoms with Crippen molar-refractivity contribution in [2.45, 2.75) is 31.8 Å². The van der Waals surface area contributed by atoms with Crippen LogP contribution in [0.3, 0.4) is 0 Å².